The average molecular weight is 650 g/mol. The lowest BCUT2D eigenvalue weighted by Gasteiger charge is -2.47. The van der Waals surface area contributed by atoms with Gasteiger partial charge in [-0.1, -0.05) is 60.7 Å². The zero-order chi connectivity index (χ0) is 29.3. The summed E-state index contributed by atoms with van der Waals surface area (Å²) in [6.45, 7) is 7.19. The number of alkyl halides is 3. The number of benzene rings is 3. The van der Waals surface area contributed by atoms with Gasteiger partial charge in [0.15, 0.2) is 0 Å². The van der Waals surface area contributed by atoms with E-state index in [0.717, 1.165) is 42.7 Å². The van der Waals surface area contributed by atoms with Crippen LogP contribution in [0.4, 0.5) is 13.2 Å². The van der Waals surface area contributed by atoms with Gasteiger partial charge in [-0.25, -0.2) is 0 Å². The summed E-state index contributed by atoms with van der Waals surface area (Å²) in [5.41, 5.74) is 3.63. The lowest BCUT2D eigenvalue weighted by molar-refractivity contribution is -0.146. The van der Waals surface area contributed by atoms with Crippen LogP contribution < -0.4 is 4.74 Å². The van der Waals surface area contributed by atoms with Crippen LogP contribution in [0.1, 0.15) is 55.1 Å². The van der Waals surface area contributed by atoms with E-state index >= 15 is 0 Å². The van der Waals surface area contributed by atoms with E-state index in [9.17, 15) is 13.2 Å². The van der Waals surface area contributed by atoms with Gasteiger partial charge in [0.2, 0.25) is 0 Å². The average Bonchev–Trinajstić information content (AvgIpc) is 3.66. The normalized spacial score (nSPS) is 19.0. The molecule has 0 unspecified atom stereocenters. The van der Waals surface area contributed by atoms with Crippen LogP contribution in [0.25, 0.3) is 5.69 Å². The van der Waals surface area contributed by atoms with Crippen molar-refractivity contribution in [3.63, 3.8) is 0 Å². The highest BCUT2D eigenvalue weighted by Gasteiger charge is 2.42. The van der Waals surface area contributed by atoms with Crippen molar-refractivity contribution in [3.8, 4) is 11.4 Å². The fourth-order valence-corrected chi connectivity index (χ4v) is 6.58. The number of halogens is 5. The van der Waals surface area contributed by atoms with Gasteiger partial charge in [-0.3, -0.25) is 9.80 Å². The van der Waals surface area contributed by atoms with Gasteiger partial charge in [0.25, 0.3) is 5.82 Å². The smallest absolute Gasteiger partial charge is 0.453 e. The Morgan fingerprint density at radius 3 is 2.18 bits per heavy atom. The van der Waals surface area contributed by atoms with Gasteiger partial charge < -0.3 is 4.74 Å². The lowest BCUT2D eigenvalue weighted by Crippen LogP contribution is -2.57. The highest BCUT2D eigenvalue weighted by Crippen LogP contribution is 2.39. The first kappa shape index (κ1) is 33.7. The van der Waals surface area contributed by atoms with E-state index in [-0.39, 0.29) is 48.6 Å². The molecule has 2 aliphatic rings. The molecule has 0 N–H and O–H groups in total. The molecule has 6 rings (SSSR count). The maximum atomic E-state index is 13.6. The second-order valence-electron chi connectivity index (χ2n) is 11.5. The molecule has 4 aromatic rings. The lowest BCUT2D eigenvalue weighted by atomic mass is 9.82. The Kier molecular flexibility index (Phi) is 10.9. The number of aromatic nitrogens is 4. The molecular weight excluding hydrogens is 612 g/mol. The molecule has 12 heteroatoms. The molecule has 3 heterocycles. The highest BCUT2D eigenvalue weighted by atomic mass is 35.5. The Morgan fingerprint density at radius 1 is 0.909 bits per heavy atom. The summed E-state index contributed by atoms with van der Waals surface area (Å²) in [5, 5.41) is 10.2. The number of fused-ring (bicyclic) bond motifs is 1. The van der Waals surface area contributed by atoms with Gasteiger partial charge in [-0.2, -0.15) is 17.9 Å². The zero-order valence-corrected chi connectivity index (χ0v) is 26.2. The van der Waals surface area contributed by atoms with Gasteiger partial charge in [0.05, 0.1) is 11.8 Å². The van der Waals surface area contributed by atoms with E-state index in [4.69, 9.17) is 4.74 Å². The molecule has 2 aliphatic heterocycles. The molecule has 0 bridgehead atoms. The fraction of sp³-hybridized carbons (Fsp3) is 0.406. The highest BCUT2D eigenvalue weighted by molar-refractivity contribution is 5.85. The molecule has 3 aromatic carbocycles. The summed E-state index contributed by atoms with van der Waals surface area (Å²) in [5.74, 6) is -0.313. The molecule has 2 atom stereocenters. The molecule has 0 amide bonds. The minimum Gasteiger partial charge on any atom is -0.491 e. The van der Waals surface area contributed by atoms with E-state index in [1.165, 1.54) is 11.1 Å². The van der Waals surface area contributed by atoms with E-state index in [1.54, 1.807) is 18.2 Å². The van der Waals surface area contributed by atoms with Crippen LogP contribution in [0.3, 0.4) is 0 Å². The monoisotopic (exact) mass is 648 g/mol. The predicted octanol–water partition coefficient (Wildman–Crippen LogP) is 6.79. The molecule has 1 aromatic heterocycles. The minimum absolute atomic E-state index is 0. The van der Waals surface area contributed by atoms with Crippen LogP contribution in [0.2, 0.25) is 0 Å². The molecule has 0 aliphatic carbocycles. The van der Waals surface area contributed by atoms with Crippen molar-refractivity contribution in [2.24, 2.45) is 0 Å². The number of hydrogen-bond donors (Lipinski definition) is 0. The molecule has 2 saturated heterocycles. The molecule has 0 saturated carbocycles. The van der Waals surface area contributed by atoms with Crippen LogP contribution in [0, 0.1) is 0 Å². The Morgan fingerprint density at radius 2 is 1.57 bits per heavy atom. The van der Waals surface area contributed by atoms with Gasteiger partial charge in [0, 0.05) is 43.2 Å². The predicted molar refractivity (Wildman–Crippen MR) is 168 cm³/mol. The van der Waals surface area contributed by atoms with Gasteiger partial charge in [0.1, 0.15) is 5.75 Å². The zero-order valence-electron chi connectivity index (χ0n) is 24.6. The molecule has 44 heavy (non-hydrogen) atoms. The summed E-state index contributed by atoms with van der Waals surface area (Å²) >= 11 is 0. The first-order valence-electron chi connectivity index (χ1n) is 14.5. The molecule has 236 valence electrons. The Labute approximate surface area is 268 Å². The minimum atomic E-state index is -4.67. The van der Waals surface area contributed by atoms with Crippen molar-refractivity contribution in [2.45, 2.75) is 63.5 Å². The first-order chi connectivity index (χ1) is 20.3. The Bertz CT molecular complexity index is 1450. The molecule has 7 nitrogen and oxygen atoms in total. The Balaban J connectivity index is 0.00000221. The quantitative estimate of drug-likeness (QED) is 0.210. The number of piperazine rings is 1. The second kappa shape index (κ2) is 14.3. The van der Waals surface area contributed by atoms with Crippen LogP contribution in [0.15, 0.2) is 78.9 Å². The number of ether oxygens (including phenoxy) is 1. The SMILES string of the molecule is CC(C)Oc1ccc(-n2nnnc2C(F)(F)F)cc1CN1C[C@@H]2CCCN2[C@H](C(c2ccccc2)c2ccccc2)C1.Cl.Cl. The standard InChI is InChI=1S/C32H35F3N6O.2ClH/c1-22(2)42-29-16-15-26(41-31(32(33,34)35)36-37-38-41)18-25(29)19-39-20-27-14-9-17-40(27)28(21-39)30(23-10-5-3-6-11-23)24-12-7-4-8-13-24;;/h3-8,10-13,15-16,18,22,27-28,30H,9,14,17,19-21H2,1-2H3;2*1H/t27-,28-;;/m0../s1. The third kappa shape index (κ3) is 7.20. The van der Waals surface area contributed by atoms with Crippen molar-refractivity contribution >= 4 is 24.8 Å². The van der Waals surface area contributed by atoms with Crippen LogP contribution in [-0.2, 0) is 12.7 Å². The van der Waals surface area contributed by atoms with Crippen molar-refractivity contribution < 1.29 is 17.9 Å². The largest absolute Gasteiger partial charge is 0.491 e. The molecule has 0 radical (unpaired) electrons. The van der Waals surface area contributed by atoms with Crippen molar-refractivity contribution in [3.05, 3.63) is 101 Å². The van der Waals surface area contributed by atoms with E-state index < -0.39 is 12.0 Å². The third-order valence-electron chi connectivity index (χ3n) is 8.23. The summed E-state index contributed by atoms with van der Waals surface area (Å²) in [6.07, 6.45) is -2.49. The first-order valence-corrected chi connectivity index (χ1v) is 14.5. The summed E-state index contributed by atoms with van der Waals surface area (Å²) in [4.78, 5) is 5.12. The topological polar surface area (TPSA) is 59.3 Å². The molecular formula is C32H37Cl2F3N6O. The van der Waals surface area contributed by atoms with Crippen LogP contribution >= 0.6 is 24.8 Å². The Hall–Kier alpha value is -3.18. The molecule has 2 fully saturated rings. The van der Waals surface area contributed by atoms with Crippen molar-refractivity contribution in [2.75, 3.05) is 19.6 Å². The number of tetrazole rings is 1. The second-order valence-corrected chi connectivity index (χ2v) is 11.5. The summed E-state index contributed by atoms with van der Waals surface area (Å²) in [7, 11) is 0. The van der Waals surface area contributed by atoms with Gasteiger partial charge >= 0.3 is 6.18 Å². The van der Waals surface area contributed by atoms with E-state index in [1.807, 2.05) is 13.8 Å². The maximum Gasteiger partial charge on any atom is 0.453 e. The maximum absolute atomic E-state index is 13.6. The fourth-order valence-electron chi connectivity index (χ4n) is 6.58. The number of rotatable bonds is 8. The molecule has 0 spiro atoms. The van der Waals surface area contributed by atoms with E-state index in [0.29, 0.717) is 18.3 Å². The van der Waals surface area contributed by atoms with E-state index in [2.05, 4.69) is 86.0 Å². The summed E-state index contributed by atoms with van der Waals surface area (Å²) < 4.78 is 47.7. The van der Waals surface area contributed by atoms with Crippen molar-refractivity contribution in [1.82, 2.24) is 30.0 Å². The van der Waals surface area contributed by atoms with Gasteiger partial charge in [-0.15, -0.1) is 29.9 Å². The number of nitrogens with zero attached hydrogens (tertiary/aromatic N) is 6. The number of hydrogen-bond acceptors (Lipinski definition) is 6. The van der Waals surface area contributed by atoms with Crippen molar-refractivity contribution in [1.29, 1.82) is 0 Å². The summed E-state index contributed by atoms with van der Waals surface area (Å²) in [6, 6.07) is 27.0. The van der Waals surface area contributed by atoms with Crippen LogP contribution in [-0.4, -0.2) is 67.8 Å². The van der Waals surface area contributed by atoms with Crippen LogP contribution in [0.5, 0.6) is 5.75 Å². The van der Waals surface area contributed by atoms with Gasteiger partial charge in [-0.05, 0) is 73.0 Å². The third-order valence-corrected chi connectivity index (χ3v) is 8.23.